The molecule has 78 heavy (non-hydrogen) atoms. The molecule has 10 aromatic carbocycles. The van der Waals surface area contributed by atoms with Crippen LogP contribution in [0.4, 0.5) is 0 Å². The Morgan fingerprint density at radius 1 is 0.295 bits per heavy atom. The highest BCUT2D eigenvalue weighted by Crippen LogP contribution is 2.60. The van der Waals surface area contributed by atoms with Crippen LogP contribution >= 0.6 is 0 Å². The number of benzene rings is 10. The van der Waals surface area contributed by atoms with E-state index in [-0.39, 0.29) is 10.8 Å². The van der Waals surface area contributed by atoms with Crippen molar-refractivity contribution >= 4 is 87.8 Å². The summed E-state index contributed by atoms with van der Waals surface area (Å²) in [6, 6.07) is 62.9. The zero-order valence-electron chi connectivity index (χ0n) is 44.8. The van der Waals surface area contributed by atoms with Crippen molar-refractivity contribution in [1.82, 2.24) is 0 Å². The predicted octanol–water partition coefficient (Wildman–Crippen LogP) is 19.4. The molecule has 14 aromatic rings. The Balaban J connectivity index is 0.000000136. The van der Waals surface area contributed by atoms with Crippen LogP contribution < -0.4 is 0 Å². The molecule has 380 valence electrons. The van der Waals surface area contributed by atoms with Gasteiger partial charge < -0.3 is 27.9 Å². The SMILES string of the molecule is CC(C)(O)c1cc(-c2cccc3oc4ccccc4c23)c(C(C)(C)O)cc1-c1cccc2oc3ccccc3c12.CC1(C)c2cc3c(cc2-c2c1ccc1oc4ccccc4c21)C(C)(C)c1ccc2oc4ccccc4c2c1-3. The van der Waals surface area contributed by atoms with Crippen LogP contribution in [-0.4, -0.2) is 10.2 Å². The van der Waals surface area contributed by atoms with Gasteiger partial charge in [-0.3, -0.25) is 0 Å². The van der Waals surface area contributed by atoms with E-state index in [1.54, 1.807) is 27.7 Å². The van der Waals surface area contributed by atoms with Crippen molar-refractivity contribution in [2.24, 2.45) is 0 Å². The molecule has 0 unspecified atom stereocenters. The van der Waals surface area contributed by atoms with Crippen LogP contribution in [0.5, 0.6) is 0 Å². The fraction of sp³-hybridized carbons (Fsp3) is 0.167. The van der Waals surface area contributed by atoms with Gasteiger partial charge in [-0.2, -0.15) is 0 Å². The van der Waals surface area contributed by atoms with Crippen molar-refractivity contribution in [2.45, 2.75) is 77.4 Å². The van der Waals surface area contributed by atoms with Crippen LogP contribution in [0.25, 0.3) is 132 Å². The van der Waals surface area contributed by atoms with E-state index in [2.05, 4.69) is 137 Å². The Morgan fingerprint density at radius 3 is 0.949 bits per heavy atom. The molecule has 6 heteroatoms. The lowest BCUT2D eigenvalue weighted by Gasteiger charge is -2.29. The van der Waals surface area contributed by atoms with Crippen LogP contribution in [0, 0.1) is 0 Å². The third-order valence-corrected chi connectivity index (χ3v) is 17.3. The fourth-order valence-electron chi connectivity index (χ4n) is 13.6. The summed E-state index contributed by atoms with van der Waals surface area (Å²) in [5, 5.41) is 32.0. The van der Waals surface area contributed by atoms with Gasteiger partial charge in [0.25, 0.3) is 0 Å². The van der Waals surface area contributed by atoms with Gasteiger partial charge in [0, 0.05) is 53.9 Å². The number of para-hydroxylation sites is 4. The molecule has 4 heterocycles. The maximum absolute atomic E-state index is 11.6. The summed E-state index contributed by atoms with van der Waals surface area (Å²) in [7, 11) is 0. The topological polar surface area (TPSA) is 93.0 Å². The van der Waals surface area contributed by atoms with Crippen LogP contribution in [0.15, 0.2) is 200 Å². The van der Waals surface area contributed by atoms with E-state index in [1.807, 2.05) is 72.8 Å². The summed E-state index contributed by atoms with van der Waals surface area (Å²) in [5.74, 6) is 0. The summed E-state index contributed by atoms with van der Waals surface area (Å²) in [6.45, 7) is 16.7. The van der Waals surface area contributed by atoms with E-state index in [9.17, 15) is 10.2 Å². The average Bonchev–Trinajstić information content (AvgIpc) is 4.03. The quantitative estimate of drug-likeness (QED) is 0.182. The summed E-state index contributed by atoms with van der Waals surface area (Å²) >= 11 is 0. The number of rotatable bonds is 4. The molecule has 0 saturated carbocycles. The summed E-state index contributed by atoms with van der Waals surface area (Å²) in [5.41, 5.74) is 20.4. The minimum atomic E-state index is -1.17. The highest BCUT2D eigenvalue weighted by Gasteiger charge is 2.44. The van der Waals surface area contributed by atoms with Crippen LogP contribution in [0.2, 0.25) is 0 Å². The third-order valence-electron chi connectivity index (χ3n) is 17.3. The van der Waals surface area contributed by atoms with Crippen LogP contribution in [0.3, 0.4) is 0 Å². The van der Waals surface area contributed by atoms with Crippen LogP contribution in [0.1, 0.15) is 88.8 Å². The Morgan fingerprint density at radius 2 is 0.603 bits per heavy atom. The van der Waals surface area contributed by atoms with Gasteiger partial charge in [0.1, 0.15) is 44.7 Å². The molecule has 0 bridgehead atoms. The largest absolute Gasteiger partial charge is 0.456 e. The molecule has 0 atom stereocenters. The monoisotopic (exact) mass is 1020 g/mol. The molecule has 0 spiro atoms. The first kappa shape index (κ1) is 46.6. The van der Waals surface area contributed by atoms with Crippen molar-refractivity contribution in [2.75, 3.05) is 0 Å². The maximum Gasteiger partial charge on any atom is 0.136 e. The predicted molar refractivity (Wildman–Crippen MR) is 318 cm³/mol. The van der Waals surface area contributed by atoms with Gasteiger partial charge in [0.2, 0.25) is 0 Å². The van der Waals surface area contributed by atoms with Gasteiger partial charge in [-0.15, -0.1) is 0 Å². The first-order valence-electron chi connectivity index (χ1n) is 27.0. The third kappa shape index (κ3) is 6.51. The fourth-order valence-corrected chi connectivity index (χ4v) is 13.6. The van der Waals surface area contributed by atoms with Crippen molar-refractivity contribution < 1.29 is 27.9 Å². The molecule has 6 nitrogen and oxygen atoms in total. The first-order valence-corrected chi connectivity index (χ1v) is 27.0. The minimum Gasteiger partial charge on any atom is -0.456 e. The molecule has 4 aromatic heterocycles. The molecular weight excluding hydrogens is 961 g/mol. The minimum absolute atomic E-state index is 0.120. The van der Waals surface area contributed by atoms with E-state index in [4.69, 9.17) is 17.7 Å². The van der Waals surface area contributed by atoms with Crippen LogP contribution in [-0.2, 0) is 22.0 Å². The highest BCUT2D eigenvalue weighted by molar-refractivity contribution is 6.19. The van der Waals surface area contributed by atoms with E-state index in [1.165, 1.54) is 66.1 Å². The van der Waals surface area contributed by atoms with Crippen molar-refractivity contribution in [3.8, 4) is 44.5 Å². The molecule has 0 radical (unpaired) electrons. The normalized spacial score (nSPS) is 14.5. The zero-order valence-corrected chi connectivity index (χ0v) is 44.8. The molecule has 0 aliphatic heterocycles. The number of aliphatic hydroxyl groups is 2. The maximum atomic E-state index is 11.6. The number of furan rings is 4. The number of hydrogen-bond donors (Lipinski definition) is 2. The Labute approximate surface area is 450 Å². The molecule has 16 rings (SSSR count). The van der Waals surface area contributed by atoms with Gasteiger partial charge in [-0.25, -0.2) is 0 Å². The molecule has 0 amide bonds. The van der Waals surface area contributed by atoms with Gasteiger partial charge in [0.05, 0.1) is 11.2 Å². The lowest BCUT2D eigenvalue weighted by atomic mass is 9.79. The molecule has 0 fully saturated rings. The first-order chi connectivity index (χ1) is 37.5. The van der Waals surface area contributed by atoms with Gasteiger partial charge >= 0.3 is 0 Å². The molecule has 0 saturated heterocycles. The molecule has 2 aliphatic rings. The van der Waals surface area contributed by atoms with Gasteiger partial charge in [0.15, 0.2) is 0 Å². The smallest absolute Gasteiger partial charge is 0.136 e. The second-order valence-electron chi connectivity index (χ2n) is 23.7. The van der Waals surface area contributed by atoms with Crippen molar-refractivity contribution in [1.29, 1.82) is 0 Å². The number of fused-ring (bicyclic) bond motifs is 20. The lowest BCUT2D eigenvalue weighted by molar-refractivity contribution is 0.0753. The Hall–Kier alpha value is -8.68. The second kappa shape index (κ2) is 16.0. The highest BCUT2D eigenvalue weighted by atomic mass is 16.3. The standard InChI is InChI=1S/C36H30O4.C36H26O2/c1-35(2,37)27-19-26(22-14-10-18-32-34(22)24-12-6-8-16-30(24)40-32)28(36(3,4)38)20-25(27)21-13-9-17-31-33(21)23-11-5-7-15-29(23)39-31;1-35(2)23-13-15-29-33(19-9-5-7-11-27(19)37-29)31(23)21-18-26-22(17-25(21)35)32-24(36(26,3)4)14-16-30-34(32)20-10-6-8-12-28(20)38-30/h5-20,37-38H,1-4H3;5-18H,1-4H3. The van der Waals surface area contributed by atoms with E-state index >= 15 is 0 Å². The van der Waals surface area contributed by atoms with Gasteiger partial charge in [-0.05, 0) is 178 Å². The van der Waals surface area contributed by atoms with E-state index in [0.29, 0.717) is 0 Å². The Bertz CT molecular complexity index is 4570. The average molecular weight is 1020 g/mol. The van der Waals surface area contributed by atoms with E-state index in [0.717, 1.165) is 99.6 Å². The van der Waals surface area contributed by atoms with Crippen molar-refractivity contribution in [3.05, 3.63) is 215 Å². The molecule has 2 N–H and O–H groups in total. The molecule has 2 aliphatic carbocycles. The number of hydrogen-bond acceptors (Lipinski definition) is 6. The van der Waals surface area contributed by atoms with Crippen molar-refractivity contribution in [3.63, 3.8) is 0 Å². The summed E-state index contributed by atoms with van der Waals surface area (Å²) < 4.78 is 25.0. The summed E-state index contributed by atoms with van der Waals surface area (Å²) in [6.07, 6.45) is 0. The molecular formula is C72H56O6. The van der Waals surface area contributed by atoms with E-state index < -0.39 is 11.2 Å². The lowest BCUT2D eigenvalue weighted by Crippen LogP contribution is -2.21. The Kier molecular flexibility index (Phi) is 9.53. The summed E-state index contributed by atoms with van der Waals surface area (Å²) in [4.78, 5) is 0. The zero-order chi connectivity index (χ0) is 53.4. The van der Waals surface area contributed by atoms with Gasteiger partial charge in [-0.1, -0.05) is 137 Å². The second-order valence-corrected chi connectivity index (χ2v) is 23.7.